The third kappa shape index (κ3) is 5.73. The maximum atomic E-state index is 12.4. The van der Waals surface area contributed by atoms with E-state index in [4.69, 9.17) is 0 Å². The molecule has 2 atom stereocenters. The average Bonchev–Trinajstić information content (AvgIpc) is 2.58. The Bertz CT molecular complexity index is 532. The molecule has 1 amide bonds. The van der Waals surface area contributed by atoms with Crippen molar-refractivity contribution in [2.45, 2.75) is 39.2 Å². The van der Waals surface area contributed by atoms with Crippen molar-refractivity contribution in [3.8, 4) is 0 Å². The lowest BCUT2D eigenvalue weighted by Crippen LogP contribution is -2.50. The number of rotatable bonds is 3. The van der Waals surface area contributed by atoms with Gasteiger partial charge in [-0.3, -0.25) is 4.79 Å². The Morgan fingerprint density at radius 1 is 1.20 bits per heavy atom. The molecule has 25 heavy (non-hydrogen) atoms. The average molecular weight is 389 g/mol. The Morgan fingerprint density at radius 2 is 1.92 bits per heavy atom. The van der Waals surface area contributed by atoms with Gasteiger partial charge in [-0.2, -0.15) is 0 Å². The van der Waals surface area contributed by atoms with Gasteiger partial charge in [-0.1, -0.05) is 13.8 Å². The number of halogens is 2. The van der Waals surface area contributed by atoms with Crippen LogP contribution in [0, 0.1) is 11.8 Å². The zero-order valence-electron chi connectivity index (χ0n) is 15.0. The zero-order chi connectivity index (χ0) is 16.2. The van der Waals surface area contributed by atoms with Crippen LogP contribution in [0.5, 0.6) is 0 Å². The number of piperidine rings is 2. The molecule has 142 valence electrons. The van der Waals surface area contributed by atoms with E-state index in [9.17, 15) is 4.79 Å². The van der Waals surface area contributed by atoms with Crippen molar-refractivity contribution in [3.05, 3.63) is 23.9 Å². The quantitative estimate of drug-likeness (QED) is 0.835. The predicted octanol–water partition coefficient (Wildman–Crippen LogP) is 2.89. The van der Waals surface area contributed by atoms with Crippen LogP contribution in [0.3, 0.4) is 0 Å². The summed E-state index contributed by atoms with van der Waals surface area (Å²) in [5.74, 6) is 2.29. The molecule has 3 heterocycles. The molecule has 0 spiro atoms. The van der Waals surface area contributed by atoms with Crippen molar-refractivity contribution < 1.29 is 4.79 Å². The number of pyridine rings is 1. The van der Waals surface area contributed by atoms with Crippen molar-refractivity contribution in [3.63, 3.8) is 0 Å². The second-order valence-electron chi connectivity index (χ2n) is 7.12. The number of nitrogens with zero attached hydrogens (tertiary/aromatic N) is 2. The lowest BCUT2D eigenvalue weighted by Gasteiger charge is -2.31. The van der Waals surface area contributed by atoms with E-state index in [1.807, 2.05) is 12.1 Å². The number of amides is 1. The van der Waals surface area contributed by atoms with Gasteiger partial charge in [0.25, 0.3) is 5.91 Å². The number of carbonyl (C=O) groups is 1. The molecule has 2 fully saturated rings. The number of hydrogen-bond donors (Lipinski definition) is 2. The van der Waals surface area contributed by atoms with E-state index >= 15 is 0 Å². The van der Waals surface area contributed by atoms with Crippen molar-refractivity contribution in [2.24, 2.45) is 11.8 Å². The standard InChI is InChI=1S/C18H28N4O.2ClH/c1-13-6-9-22(10-7-13)17-4-3-15(11-20-17)18(23)21-16-12-19-8-5-14(16)2;;/h3-4,11,13-14,16,19H,5-10,12H2,1-2H3,(H,21,23);2*1H. The summed E-state index contributed by atoms with van der Waals surface area (Å²) in [6.07, 6.45) is 5.26. The summed E-state index contributed by atoms with van der Waals surface area (Å²) in [7, 11) is 0. The molecular formula is C18H30Cl2N4O. The van der Waals surface area contributed by atoms with Gasteiger partial charge < -0.3 is 15.5 Å². The van der Waals surface area contributed by atoms with E-state index in [1.165, 1.54) is 12.8 Å². The Kier molecular flexibility index (Phi) is 8.97. The Labute approximate surface area is 163 Å². The van der Waals surface area contributed by atoms with Crippen molar-refractivity contribution in [1.29, 1.82) is 0 Å². The predicted molar refractivity (Wildman–Crippen MR) is 107 cm³/mol. The minimum Gasteiger partial charge on any atom is -0.357 e. The summed E-state index contributed by atoms with van der Waals surface area (Å²) in [5, 5.41) is 6.48. The van der Waals surface area contributed by atoms with Crippen molar-refractivity contribution >= 4 is 36.5 Å². The fourth-order valence-electron chi connectivity index (χ4n) is 3.38. The van der Waals surface area contributed by atoms with Crippen LogP contribution in [-0.4, -0.2) is 43.1 Å². The molecule has 5 nitrogen and oxygen atoms in total. The molecule has 2 aliphatic heterocycles. The first-order valence-electron chi connectivity index (χ1n) is 8.86. The molecule has 0 aromatic carbocycles. The summed E-state index contributed by atoms with van der Waals surface area (Å²) >= 11 is 0. The molecule has 2 unspecified atom stereocenters. The number of hydrogen-bond acceptors (Lipinski definition) is 4. The number of carbonyl (C=O) groups excluding carboxylic acids is 1. The van der Waals surface area contributed by atoms with Gasteiger partial charge in [0, 0.05) is 31.9 Å². The summed E-state index contributed by atoms with van der Waals surface area (Å²) < 4.78 is 0. The largest absolute Gasteiger partial charge is 0.357 e. The van der Waals surface area contributed by atoms with E-state index in [2.05, 4.69) is 34.4 Å². The van der Waals surface area contributed by atoms with Crippen LogP contribution >= 0.6 is 24.8 Å². The summed E-state index contributed by atoms with van der Waals surface area (Å²) in [4.78, 5) is 19.2. The van der Waals surface area contributed by atoms with Gasteiger partial charge in [-0.05, 0) is 49.8 Å². The second kappa shape index (κ2) is 10.2. The van der Waals surface area contributed by atoms with Crippen molar-refractivity contribution in [2.75, 3.05) is 31.1 Å². The van der Waals surface area contributed by atoms with Gasteiger partial charge in [-0.25, -0.2) is 4.98 Å². The molecule has 0 saturated carbocycles. The highest BCUT2D eigenvalue weighted by molar-refractivity contribution is 5.94. The number of nitrogens with one attached hydrogen (secondary N) is 2. The summed E-state index contributed by atoms with van der Waals surface area (Å²) in [6, 6.07) is 4.09. The lowest BCUT2D eigenvalue weighted by atomic mass is 9.94. The van der Waals surface area contributed by atoms with Crippen LogP contribution in [0.25, 0.3) is 0 Å². The van der Waals surface area contributed by atoms with Crippen LogP contribution in [0.2, 0.25) is 0 Å². The van der Waals surface area contributed by atoms with E-state index in [1.54, 1.807) is 6.20 Å². The van der Waals surface area contributed by atoms with Gasteiger partial charge in [0.1, 0.15) is 5.82 Å². The molecule has 3 rings (SSSR count). The third-order valence-corrected chi connectivity index (χ3v) is 5.26. The van der Waals surface area contributed by atoms with E-state index in [0.717, 1.165) is 44.3 Å². The minimum absolute atomic E-state index is 0. The summed E-state index contributed by atoms with van der Waals surface area (Å²) in [5.41, 5.74) is 0.650. The number of anilines is 1. The molecule has 0 radical (unpaired) electrons. The number of aromatic nitrogens is 1. The van der Waals surface area contributed by atoms with Gasteiger partial charge in [-0.15, -0.1) is 24.8 Å². The highest BCUT2D eigenvalue weighted by Gasteiger charge is 2.23. The van der Waals surface area contributed by atoms with Gasteiger partial charge in [0.15, 0.2) is 0 Å². The van der Waals surface area contributed by atoms with Gasteiger partial charge in [0.2, 0.25) is 0 Å². The fraction of sp³-hybridized carbons (Fsp3) is 0.667. The van der Waals surface area contributed by atoms with Crippen LogP contribution in [0.1, 0.15) is 43.5 Å². The van der Waals surface area contributed by atoms with Crippen LogP contribution < -0.4 is 15.5 Å². The molecule has 0 bridgehead atoms. The Hall–Kier alpha value is -1.04. The first-order chi connectivity index (χ1) is 11.1. The van der Waals surface area contributed by atoms with Gasteiger partial charge >= 0.3 is 0 Å². The molecular weight excluding hydrogens is 359 g/mol. The molecule has 2 aliphatic rings. The van der Waals surface area contributed by atoms with E-state index in [-0.39, 0.29) is 36.8 Å². The van der Waals surface area contributed by atoms with Crippen molar-refractivity contribution in [1.82, 2.24) is 15.6 Å². The van der Waals surface area contributed by atoms with E-state index in [0.29, 0.717) is 11.5 Å². The molecule has 7 heteroatoms. The molecule has 2 N–H and O–H groups in total. The van der Waals surface area contributed by atoms with Crippen LogP contribution in [0.4, 0.5) is 5.82 Å². The normalized spacial score (nSPS) is 24.0. The monoisotopic (exact) mass is 388 g/mol. The highest BCUT2D eigenvalue weighted by atomic mass is 35.5. The first-order valence-corrected chi connectivity index (χ1v) is 8.86. The maximum absolute atomic E-state index is 12.4. The van der Waals surface area contributed by atoms with E-state index < -0.39 is 0 Å². The molecule has 1 aromatic heterocycles. The SMILES string of the molecule is CC1CCN(c2ccc(C(=O)NC3CNCCC3C)cn2)CC1.Cl.Cl. The van der Waals surface area contributed by atoms with Crippen LogP contribution in [0.15, 0.2) is 18.3 Å². The van der Waals surface area contributed by atoms with Crippen LogP contribution in [-0.2, 0) is 0 Å². The third-order valence-electron chi connectivity index (χ3n) is 5.26. The zero-order valence-corrected chi connectivity index (χ0v) is 16.7. The smallest absolute Gasteiger partial charge is 0.253 e. The van der Waals surface area contributed by atoms with Gasteiger partial charge in [0.05, 0.1) is 5.56 Å². The fourth-order valence-corrected chi connectivity index (χ4v) is 3.38. The topological polar surface area (TPSA) is 57.3 Å². The summed E-state index contributed by atoms with van der Waals surface area (Å²) in [6.45, 7) is 8.52. The second-order valence-corrected chi connectivity index (χ2v) is 7.12. The minimum atomic E-state index is -0.0168. The maximum Gasteiger partial charge on any atom is 0.253 e. The highest BCUT2D eigenvalue weighted by Crippen LogP contribution is 2.21. The first kappa shape index (κ1) is 22.0. The molecule has 2 saturated heterocycles. The molecule has 1 aromatic rings. The Balaban J connectivity index is 0.00000156. The lowest BCUT2D eigenvalue weighted by molar-refractivity contribution is 0.0915. The molecule has 0 aliphatic carbocycles. The Morgan fingerprint density at radius 3 is 2.52 bits per heavy atom.